The van der Waals surface area contributed by atoms with Crippen LogP contribution in [0.1, 0.15) is 128 Å². The first-order valence-electron chi connectivity index (χ1n) is 24.1. The minimum atomic E-state index is -0.664. The summed E-state index contributed by atoms with van der Waals surface area (Å²) in [5.41, 5.74) is 0.691. The van der Waals surface area contributed by atoms with Crippen LogP contribution in [0.5, 0.6) is 0 Å². The molecule has 0 unspecified atom stereocenters. The largest absolute Gasteiger partial charge is 0.465 e. The Labute approximate surface area is 401 Å². The average Bonchev–Trinajstić information content (AvgIpc) is 3.86. The van der Waals surface area contributed by atoms with Gasteiger partial charge in [-0.25, -0.2) is 29.4 Å². The molecule has 2 amide bonds. The van der Waals surface area contributed by atoms with Gasteiger partial charge < -0.3 is 43.0 Å². The third kappa shape index (κ3) is 16.7. The summed E-state index contributed by atoms with van der Waals surface area (Å²) in [7, 11) is 0. The van der Waals surface area contributed by atoms with Gasteiger partial charge in [0.2, 0.25) is 11.9 Å². The Hall–Kier alpha value is -5.86. The van der Waals surface area contributed by atoms with Crippen molar-refractivity contribution in [1.29, 1.82) is 0 Å². The summed E-state index contributed by atoms with van der Waals surface area (Å²) in [6, 6.07) is 0. The van der Waals surface area contributed by atoms with Crippen LogP contribution in [0.25, 0.3) is 22.3 Å². The van der Waals surface area contributed by atoms with Crippen molar-refractivity contribution < 1.29 is 42.9 Å². The quantitative estimate of drug-likeness (QED) is 0.0475. The fourth-order valence-electron chi connectivity index (χ4n) is 6.83. The van der Waals surface area contributed by atoms with Gasteiger partial charge in [-0.2, -0.15) is 19.9 Å². The molecule has 0 bridgehead atoms. The van der Waals surface area contributed by atoms with Crippen molar-refractivity contribution in [2.45, 2.75) is 152 Å². The highest BCUT2D eigenvalue weighted by Crippen LogP contribution is 2.29. The molecule has 1 fully saturated rings. The molecule has 0 spiro atoms. The lowest BCUT2D eigenvalue weighted by Gasteiger charge is -2.30. The number of imidazole rings is 2. The number of esters is 2. The summed E-state index contributed by atoms with van der Waals surface area (Å²) in [6.45, 7) is 27.4. The van der Waals surface area contributed by atoms with Gasteiger partial charge in [-0.3, -0.25) is 9.59 Å². The van der Waals surface area contributed by atoms with Gasteiger partial charge in [-0.1, -0.05) is 53.4 Å². The fourth-order valence-corrected chi connectivity index (χ4v) is 6.83. The standard InChI is InChI=1S/C24H40N6O4.C23H36N6O5/c1-8-10-11-14-30(23(32)34-24(5,6)7)22-27-20(25-13-12-17(3)4)19-21(28-22)29(16-26-19)15-18(31)33-9-2;1-6-8-9-10-29(22(31)34-23(3,4)5)21-25-19(27-11-13-32-14-12-27)18-20(26-21)28(16-24-18)15-17(30)33-7-2/h16-17H,8-15H2,1-7H3,(H,25,27,28);16H,6-15H2,1-5H3. The van der Waals surface area contributed by atoms with Crippen LogP contribution in [0, 0.1) is 5.92 Å². The Kier molecular flexibility index (Phi) is 21.0. The molecule has 1 saturated heterocycles. The third-order valence-corrected chi connectivity index (χ3v) is 10.1. The maximum absolute atomic E-state index is 13.2. The van der Waals surface area contributed by atoms with E-state index < -0.39 is 23.4 Å². The maximum Gasteiger partial charge on any atom is 0.417 e. The number of carbonyl (C=O) groups excluding carboxylic acids is 4. The minimum absolute atomic E-state index is 0.0332. The summed E-state index contributed by atoms with van der Waals surface area (Å²) in [6.07, 6.45) is 8.53. The summed E-state index contributed by atoms with van der Waals surface area (Å²) < 4.78 is 30.3. The maximum atomic E-state index is 13.2. The number of morpholine rings is 1. The monoisotopic (exact) mass is 953 g/mol. The number of hydrogen-bond acceptors (Lipinski definition) is 17. The van der Waals surface area contributed by atoms with E-state index in [-0.39, 0.29) is 50.1 Å². The van der Waals surface area contributed by atoms with Crippen molar-refractivity contribution in [2.24, 2.45) is 5.92 Å². The molecule has 0 aromatic carbocycles. The second-order valence-corrected chi connectivity index (χ2v) is 18.8. The van der Waals surface area contributed by atoms with Crippen LogP contribution in [0.3, 0.4) is 0 Å². The zero-order chi connectivity index (χ0) is 50.0. The lowest BCUT2D eigenvalue weighted by molar-refractivity contribution is -0.144. The Morgan fingerprint density at radius 3 is 1.62 bits per heavy atom. The second kappa shape index (κ2) is 26.0. The number of nitrogens with zero attached hydrogens (tertiary/aromatic N) is 11. The number of carbonyl (C=O) groups is 4. The lowest BCUT2D eigenvalue weighted by atomic mass is 10.1. The van der Waals surface area contributed by atoms with E-state index in [9.17, 15) is 19.2 Å². The first kappa shape index (κ1) is 54.7. The van der Waals surface area contributed by atoms with Crippen molar-refractivity contribution in [1.82, 2.24) is 39.0 Å². The van der Waals surface area contributed by atoms with E-state index in [4.69, 9.17) is 28.7 Å². The molecule has 21 heteroatoms. The highest BCUT2D eigenvalue weighted by molar-refractivity contribution is 5.92. The minimum Gasteiger partial charge on any atom is -0.465 e. The molecule has 1 N–H and O–H groups in total. The van der Waals surface area contributed by atoms with Crippen LogP contribution in [-0.2, 0) is 46.4 Å². The van der Waals surface area contributed by atoms with Crippen LogP contribution >= 0.6 is 0 Å². The SMILES string of the molecule is CCCCCN(C(=O)OC(C)(C)C)c1nc(N2CCOCC2)c2ncn(CC(=O)OCC)c2n1.CCCCCN(C(=O)OC(C)(C)C)c1nc(NCCC(C)C)c2ncn(CC(=O)OCC)c2n1. The number of fused-ring (bicyclic) bond motifs is 2. The molecule has 0 aliphatic carbocycles. The van der Waals surface area contributed by atoms with Crippen molar-refractivity contribution in [3.05, 3.63) is 12.7 Å². The molecular formula is C47H76N12O9. The van der Waals surface area contributed by atoms with E-state index in [1.54, 1.807) is 35.6 Å². The molecule has 0 radical (unpaired) electrons. The zero-order valence-electron chi connectivity index (χ0n) is 42.6. The molecular weight excluding hydrogens is 877 g/mol. The smallest absolute Gasteiger partial charge is 0.417 e. The van der Waals surface area contributed by atoms with Crippen LogP contribution in [0.4, 0.5) is 33.1 Å². The molecule has 0 atom stereocenters. The van der Waals surface area contributed by atoms with E-state index >= 15 is 0 Å². The molecule has 378 valence electrons. The number of rotatable bonds is 21. The Balaban J connectivity index is 0.000000297. The van der Waals surface area contributed by atoms with Crippen molar-refractivity contribution in [2.75, 3.05) is 79.2 Å². The third-order valence-electron chi connectivity index (χ3n) is 10.1. The Morgan fingerprint density at radius 2 is 1.16 bits per heavy atom. The van der Waals surface area contributed by atoms with Crippen LogP contribution < -0.4 is 20.0 Å². The van der Waals surface area contributed by atoms with Crippen molar-refractivity contribution >= 4 is 70.0 Å². The van der Waals surface area contributed by atoms with Crippen LogP contribution in [0.2, 0.25) is 0 Å². The summed E-state index contributed by atoms with van der Waals surface area (Å²) in [5, 5.41) is 3.34. The molecule has 0 saturated carbocycles. The van der Waals surface area contributed by atoms with Crippen molar-refractivity contribution in [3.8, 4) is 0 Å². The first-order chi connectivity index (χ1) is 32.3. The Morgan fingerprint density at radius 1 is 0.691 bits per heavy atom. The number of nitrogens with one attached hydrogen (secondary N) is 1. The number of anilines is 4. The van der Waals surface area contributed by atoms with Gasteiger partial charge in [0.25, 0.3) is 0 Å². The predicted octanol–water partition coefficient (Wildman–Crippen LogP) is 7.94. The Bertz CT molecular complexity index is 2240. The zero-order valence-corrected chi connectivity index (χ0v) is 42.6. The molecule has 21 nitrogen and oxygen atoms in total. The second-order valence-electron chi connectivity index (χ2n) is 18.8. The lowest BCUT2D eigenvalue weighted by Crippen LogP contribution is -2.40. The number of aromatic nitrogens is 8. The fraction of sp³-hybridized carbons (Fsp3) is 0.702. The highest BCUT2D eigenvalue weighted by atomic mass is 16.6. The summed E-state index contributed by atoms with van der Waals surface area (Å²) >= 11 is 0. The first-order valence-corrected chi connectivity index (χ1v) is 24.1. The number of amides is 2. The average molecular weight is 953 g/mol. The molecule has 1 aliphatic heterocycles. The number of ether oxygens (including phenoxy) is 5. The molecule has 1 aliphatic rings. The van der Waals surface area contributed by atoms with E-state index in [0.717, 1.165) is 44.9 Å². The van der Waals surface area contributed by atoms with Gasteiger partial charge >= 0.3 is 24.1 Å². The van der Waals surface area contributed by atoms with Gasteiger partial charge in [-0.15, -0.1) is 0 Å². The van der Waals surface area contributed by atoms with E-state index in [1.165, 1.54) is 9.80 Å². The number of hydrogen-bond donors (Lipinski definition) is 1. The number of unbranched alkanes of at least 4 members (excludes halogenated alkanes) is 4. The van der Waals surface area contributed by atoms with Gasteiger partial charge in [0.1, 0.15) is 24.3 Å². The topological polar surface area (TPSA) is 223 Å². The molecule has 4 aromatic rings. The van der Waals surface area contributed by atoms with Crippen molar-refractivity contribution in [3.63, 3.8) is 0 Å². The highest BCUT2D eigenvalue weighted by Gasteiger charge is 2.30. The van der Waals surface area contributed by atoms with Crippen LogP contribution in [-0.4, -0.2) is 134 Å². The predicted molar refractivity (Wildman–Crippen MR) is 261 cm³/mol. The molecule has 4 aromatic heterocycles. The van der Waals surface area contributed by atoms with E-state index in [0.29, 0.717) is 85.8 Å². The van der Waals surface area contributed by atoms with Gasteiger partial charge in [0.05, 0.1) is 39.1 Å². The van der Waals surface area contributed by atoms with Crippen LogP contribution in [0.15, 0.2) is 12.7 Å². The normalized spacial score (nSPS) is 13.0. The van der Waals surface area contributed by atoms with Gasteiger partial charge in [-0.05, 0) is 80.6 Å². The van der Waals surface area contributed by atoms with Gasteiger partial charge in [0, 0.05) is 32.7 Å². The summed E-state index contributed by atoms with van der Waals surface area (Å²) in [4.78, 5) is 83.3. The van der Waals surface area contributed by atoms with E-state index in [2.05, 4.69) is 62.8 Å². The summed E-state index contributed by atoms with van der Waals surface area (Å²) in [5.74, 6) is 1.31. The molecule has 5 rings (SSSR count). The molecule has 5 heterocycles. The van der Waals surface area contributed by atoms with E-state index in [1.807, 2.05) is 41.5 Å². The molecule has 68 heavy (non-hydrogen) atoms. The van der Waals surface area contributed by atoms with Gasteiger partial charge in [0.15, 0.2) is 34.0 Å².